The maximum Gasteiger partial charge on any atom is 0.280 e. The second-order valence-corrected chi connectivity index (χ2v) is 9.51. The lowest BCUT2D eigenvalue weighted by Crippen LogP contribution is -2.29. The van der Waals surface area contributed by atoms with E-state index in [-0.39, 0.29) is 30.6 Å². The molecule has 3 aromatic carbocycles. The molecule has 0 N–H and O–H groups in total. The number of hydrogen-bond donors (Lipinski definition) is 0. The minimum absolute atomic E-state index is 0.199. The van der Waals surface area contributed by atoms with Crippen LogP contribution in [0.3, 0.4) is 0 Å². The Morgan fingerprint density at radius 3 is 2.43 bits per heavy atom. The molecule has 0 saturated carbocycles. The number of rotatable bonds is 7. The molecule has 1 aliphatic rings. The summed E-state index contributed by atoms with van der Waals surface area (Å²) in [6.45, 7) is 4.50. The van der Waals surface area contributed by atoms with E-state index >= 15 is 0 Å². The molecule has 0 unspecified atom stereocenters. The largest absolute Gasteiger partial charge is 0.494 e. The second kappa shape index (κ2) is 10.3. The molecule has 4 aromatic rings. The molecule has 3 amide bonds. The number of ether oxygens (including phenoxy) is 1. The Morgan fingerprint density at radius 1 is 1.05 bits per heavy atom. The number of hydrazone groups is 1. The van der Waals surface area contributed by atoms with Crippen molar-refractivity contribution in [3.8, 4) is 5.75 Å². The summed E-state index contributed by atoms with van der Waals surface area (Å²) in [5.41, 5.74) is 3.46. The summed E-state index contributed by atoms with van der Waals surface area (Å²) in [4.78, 5) is 43.6. The molecule has 1 aromatic heterocycles. The summed E-state index contributed by atoms with van der Waals surface area (Å²) < 4.78 is 6.44. The number of thiazole rings is 1. The molecule has 2 heterocycles. The minimum Gasteiger partial charge on any atom is -0.494 e. The first-order valence-corrected chi connectivity index (χ1v) is 12.7. The number of fused-ring (bicyclic) bond motifs is 1. The number of aromatic nitrogens is 1. The van der Waals surface area contributed by atoms with Crippen molar-refractivity contribution in [1.29, 1.82) is 0 Å². The van der Waals surface area contributed by atoms with Gasteiger partial charge in [-0.1, -0.05) is 17.4 Å². The van der Waals surface area contributed by atoms with Crippen molar-refractivity contribution in [2.45, 2.75) is 26.7 Å². The lowest BCUT2D eigenvalue weighted by atomic mass is 10.2. The molecule has 37 heavy (non-hydrogen) atoms. The van der Waals surface area contributed by atoms with Gasteiger partial charge in [0.05, 0.1) is 28.7 Å². The Bertz CT molecular complexity index is 1490. The highest BCUT2D eigenvalue weighted by Gasteiger charge is 2.30. The average Bonchev–Trinajstić information content (AvgIpc) is 3.47. The van der Waals surface area contributed by atoms with Gasteiger partial charge in [-0.2, -0.15) is 10.1 Å². The van der Waals surface area contributed by atoms with Gasteiger partial charge in [0, 0.05) is 18.4 Å². The van der Waals surface area contributed by atoms with Crippen LogP contribution in [0.4, 0.5) is 10.8 Å². The van der Waals surface area contributed by atoms with Crippen LogP contribution in [0.5, 0.6) is 5.75 Å². The fraction of sp³-hybridized carbons (Fsp3) is 0.179. The molecule has 0 atom stereocenters. The third kappa shape index (κ3) is 5.12. The molecule has 5 rings (SSSR count). The van der Waals surface area contributed by atoms with E-state index in [1.807, 2.05) is 56.3 Å². The number of benzene rings is 3. The average molecular weight is 513 g/mol. The van der Waals surface area contributed by atoms with Crippen LogP contribution in [-0.4, -0.2) is 35.5 Å². The molecule has 1 aliphatic heterocycles. The van der Waals surface area contributed by atoms with Gasteiger partial charge in [0.25, 0.3) is 5.91 Å². The summed E-state index contributed by atoms with van der Waals surface area (Å²) in [5.74, 6) is -0.112. The monoisotopic (exact) mass is 512 g/mol. The summed E-state index contributed by atoms with van der Waals surface area (Å²) in [5, 5.41) is 6.21. The number of carbonyl (C=O) groups excluding carboxylic acids is 3. The van der Waals surface area contributed by atoms with Gasteiger partial charge in [-0.3, -0.25) is 19.3 Å². The van der Waals surface area contributed by atoms with Crippen molar-refractivity contribution in [1.82, 2.24) is 4.98 Å². The number of nitrogens with zero attached hydrogens (tertiary/aromatic N) is 4. The molecule has 186 valence electrons. The van der Waals surface area contributed by atoms with Gasteiger partial charge in [-0.15, -0.1) is 0 Å². The van der Waals surface area contributed by atoms with Gasteiger partial charge in [-0.05, 0) is 85.6 Å². The van der Waals surface area contributed by atoms with Gasteiger partial charge < -0.3 is 4.74 Å². The molecule has 8 nitrogen and oxygen atoms in total. The van der Waals surface area contributed by atoms with Crippen LogP contribution < -0.4 is 14.6 Å². The maximum atomic E-state index is 13.6. The van der Waals surface area contributed by atoms with Gasteiger partial charge in [-0.25, -0.2) is 4.98 Å². The van der Waals surface area contributed by atoms with E-state index < -0.39 is 0 Å². The molecule has 1 fully saturated rings. The van der Waals surface area contributed by atoms with Crippen LogP contribution in [0, 0.1) is 6.92 Å². The third-order valence-electron chi connectivity index (χ3n) is 5.84. The highest BCUT2D eigenvalue weighted by atomic mass is 32.1. The van der Waals surface area contributed by atoms with Gasteiger partial charge in [0.15, 0.2) is 0 Å². The zero-order valence-corrected chi connectivity index (χ0v) is 21.2. The normalized spacial score (nSPS) is 13.6. The van der Waals surface area contributed by atoms with E-state index in [4.69, 9.17) is 4.74 Å². The molecular formula is C28H24N4O4S. The summed E-state index contributed by atoms with van der Waals surface area (Å²) in [6, 6.07) is 19.7. The number of amides is 3. The molecular weight excluding hydrogens is 488 g/mol. The van der Waals surface area contributed by atoms with Crippen LogP contribution in [-0.2, 0) is 9.59 Å². The van der Waals surface area contributed by atoms with Crippen molar-refractivity contribution in [3.05, 3.63) is 83.4 Å². The zero-order valence-electron chi connectivity index (χ0n) is 20.4. The Balaban J connectivity index is 1.47. The number of hydrogen-bond acceptors (Lipinski definition) is 7. The fourth-order valence-corrected chi connectivity index (χ4v) is 5.00. The number of carbonyl (C=O) groups is 3. The molecule has 0 spiro atoms. The van der Waals surface area contributed by atoms with Gasteiger partial charge in [0.1, 0.15) is 5.75 Å². The van der Waals surface area contributed by atoms with Crippen molar-refractivity contribution in [3.63, 3.8) is 0 Å². The van der Waals surface area contributed by atoms with Crippen molar-refractivity contribution >= 4 is 56.3 Å². The van der Waals surface area contributed by atoms with E-state index in [2.05, 4.69) is 10.1 Å². The van der Waals surface area contributed by atoms with E-state index in [1.165, 1.54) is 16.3 Å². The summed E-state index contributed by atoms with van der Waals surface area (Å²) >= 11 is 1.37. The van der Waals surface area contributed by atoms with Crippen molar-refractivity contribution in [2.75, 3.05) is 16.5 Å². The number of anilines is 2. The highest BCUT2D eigenvalue weighted by molar-refractivity contribution is 7.22. The molecule has 0 aliphatic carbocycles. The Labute approximate surface area is 217 Å². The Kier molecular flexibility index (Phi) is 6.78. The number of imide groups is 1. The van der Waals surface area contributed by atoms with Crippen molar-refractivity contribution in [2.24, 2.45) is 5.10 Å². The Hall–Kier alpha value is -4.37. The van der Waals surface area contributed by atoms with E-state index in [0.29, 0.717) is 23.0 Å². The van der Waals surface area contributed by atoms with Crippen LogP contribution in [0.15, 0.2) is 71.8 Å². The fourth-order valence-electron chi connectivity index (χ4n) is 3.98. The maximum absolute atomic E-state index is 13.6. The molecule has 9 heteroatoms. The SMILES string of the molecule is CCOc1ccc(/C=N/N(C(=O)c2ccc(N3C(=O)CCC3=O)cc2)c2nc3ccc(C)cc3s2)cc1. The lowest BCUT2D eigenvalue weighted by molar-refractivity contribution is -0.121. The first-order valence-electron chi connectivity index (χ1n) is 11.9. The lowest BCUT2D eigenvalue weighted by Gasteiger charge is -2.16. The molecule has 1 saturated heterocycles. The summed E-state index contributed by atoms with van der Waals surface area (Å²) in [6.07, 6.45) is 2.00. The predicted molar refractivity (Wildman–Crippen MR) is 145 cm³/mol. The highest BCUT2D eigenvalue weighted by Crippen LogP contribution is 2.31. The minimum atomic E-state index is -0.386. The van der Waals surface area contributed by atoms with Crippen LogP contribution in [0.1, 0.15) is 41.3 Å². The predicted octanol–water partition coefficient (Wildman–Crippen LogP) is 5.34. The standard InChI is InChI=1S/C28H24N4O4S/c1-3-36-22-11-5-19(6-12-22)17-29-32(28-30-23-13-4-18(2)16-24(23)37-28)27(35)20-7-9-21(10-8-20)31-25(33)14-15-26(31)34/h4-13,16-17H,3,14-15H2,1-2H3/b29-17+. The van der Waals surface area contributed by atoms with E-state index in [1.54, 1.807) is 30.5 Å². The molecule has 0 bridgehead atoms. The van der Waals surface area contributed by atoms with Gasteiger partial charge >= 0.3 is 0 Å². The van der Waals surface area contributed by atoms with E-state index in [0.717, 1.165) is 32.0 Å². The first kappa shape index (κ1) is 24.3. The Morgan fingerprint density at radius 2 is 1.76 bits per heavy atom. The third-order valence-corrected chi connectivity index (χ3v) is 6.84. The molecule has 0 radical (unpaired) electrons. The van der Waals surface area contributed by atoms with Crippen LogP contribution >= 0.6 is 11.3 Å². The van der Waals surface area contributed by atoms with Crippen LogP contribution in [0.25, 0.3) is 10.2 Å². The van der Waals surface area contributed by atoms with Crippen molar-refractivity contribution < 1.29 is 19.1 Å². The first-order chi connectivity index (χ1) is 17.9. The summed E-state index contributed by atoms with van der Waals surface area (Å²) in [7, 11) is 0. The quantitative estimate of drug-likeness (QED) is 0.189. The van der Waals surface area contributed by atoms with Crippen LogP contribution in [0.2, 0.25) is 0 Å². The van der Waals surface area contributed by atoms with Gasteiger partial charge in [0.2, 0.25) is 16.9 Å². The smallest absolute Gasteiger partial charge is 0.280 e. The topological polar surface area (TPSA) is 92.2 Å². The van der Waals surface area contributed by atoms with E-state index in [9.17, 15) is 14.4 Å². The zero-order chi connectivity index (χ0) is 25.9. The number of aryl methyl sites for hydroxylation is 1. The second-order valence-electron chi connectivity index (χ2n) is 8.50.